The zero-order chi connectivity index (χ0) is 22.0. The van der Waals surface area contributed by atoms with E-state index in [1.165, 1.54) is 44.9 Å². The van der Waals surface area contributed by atoms with E-state index in [-0.39, 0.29) is 0 Å². The second-order valence-electron chi connectivity index (χ2n) is 7.84. The first kappa shape index (κ1) is 24.6. The Hall–Kier alpha value is -2.66. The molecule has 0 unspecified atom stereocenters. The zero-order valence-electron chi connectivity index (χ0n) is 19.4. The second-order valence-corrected chi connectivity index (χ2v) is 7.84. The molecule has 2 rings (SSSR count). The fourth-order valence-corrected chi connectivity index (χ4v) is 3.15. The maximum Gasteiger partial charge on any atom is 0.119 e. The zero-order valence-corrected chi connectivity index (χ0v) is 19.4. The van der Waals surface area contributed by atoms with Gasteiger partial charge in [-0.1, -0.05) is 76.4 Å². The third kappa shape index (κ3) is 11.3. The fourth-order valence-electron chi connectivity index (χ4n) is 3.15. The molecule has 0 atom stereocenters. The van der Waals surface area contributed by atoms with Crippen LogP contribution in [0.15, 0.2) is 60.7 Å². The standard InChI is InChI=1S/C29H38O2/c1-3-5-7-9-11-13-25-31-29-22-18-27(19-23-29)15-14-26-16-20-28(21-17-26)30-24-12-10-8-6-4-2/h11,13,16-23H,3-10,12,24-25H2,1-2H3. The summed E-state index contributed by atoms with van der Waals surface area (Å²) >= 11 is 0. The predicted octanol–water partition coefficient (Wildman–Crippen LogP) is 7.95. The van der Waals surface area contributed by atoms with Crippen molar-refractivity contribution in [3.05, 3.63) is 71.8 Å². The van der Waals surface area contributed by atoms with Gasteiger partial charge in [0.1, 0.15) is 18.1 Å². The number of hydrogen-bond acceptors (Lipinski definition) is 2. The Morgan fingerprint density at radius 3 is 1.77 bits per heavy atom. The van der Waals surface area contributed by atoms with Crippen molar-refractivity contribution in [1.82, 2.24) is 0 Å². The average molecular weight is 419 g/mol. The number of rotatable bonds is 14. The molecule has 0 fully saturated rings. The van der Waals surface area contributed by atoms with Crippen molar-refractivity contribution in [3.8, 4) is 23.3 Å². The minimum absolute atomic E-state index is 0.615. The molecule has 0 aliphatic carbocycles. The van der Waals surface area contributed by atoms with Gasteiger partial charge in [-0.05, 0) is 67.8 Å². The van der Waals surface area contributed by atoms with E-state index < -0.39 is 0 Å². The Balaban J connectivity index is 1.71. The molecule has 166 valence electrons. The highest BCUT2D eigenvalue weighted by Crippen LogP contribution is 2.14. The molecule has 0 heterocycles. The Morgan fingerprint density at radius 2 is 1.16 bits per heavy atom. The molecule has 0 aliphatic rings. The summed E-state index contributed by atoms with van der Waals surface area (Å²) in [4.78, 5) is 0. The molecular formula is C29H38O2. The summed E-state index contributed by atoms with van der Waals surface area (Å²) in [7, 11) is 0. The van der Waals surface area contributed by atoms with Crippen LogP contribution in [0.25, 0.3) is 0 Å². The van der Waals surface area contributed by atoms with Crippen LogP contribution in [-0.2, 0) is 0 Å². The summed E-state index contributed by atoms with van der Waals surface area (Å²) in [5, 5.41) is 0. The third-order valence-corrected chi connectivity index (χ3v) is 5.06. The number of ether oxygens (including phenoxy) is 2. The van der Waals surface area contributed by atoms with Gasteiger partial charge in [-0.15, -0.1) is 0 Å². The normalized spacial score (nSPS) is 10.6. The van der Waals surface area contributed by atoms with Crippen molar-refractivity contribution in [2.24, 2.45) is 0 Å². The summed E-state index contributed by atoms with van der Waals surface area (Å²) in [6.45, 7) is 5.87. The number of allylic oxidation sites excluding steroid dienone is 1. The fraction of sp³-hybridized carbons (Fsp3) is 0.448. The van der Waals surface area contributed by atoms with Crippen LogP contribution in [0.2, 0.25) is 0 Å². The summed E-state index contributed by atoms with van der Waals surface area (Å²) in [5.74, 6) is 8.23. The smallest absolute Gasteiger partial charge is 0.119 e. The Kier molecular flexibility index (Phi) is 12.8. The first-order valence-corrected chi connectivity index (χ1v) is 11.9. The molecule has 2 aromatic carbocycles. The number of hydrogen-bond donors (Lipinski definition) is 0. The van der Waals surface area contributed by atoms with Crippen molar-refractivity contribution in [3.63, 3.8) is 0 Å². The van der Waals surface area contributed by atoms with E-state index in [1.807, 2.05) is 48.5 Å². The van der Waals surface area contributed by atoms with Crippen LogP contribution < -0.4 is 9.47 Å². The van der Waals surface area contributed by atoms with Crippen LogP contribution in [0.4, 0.5) is 0 Å². The maximum atomic E-state index is 5.81. The third-order valence-electron chi connectivity index (χ3n) is 5.06. The quantitative estimate of drug-likeness (QED) is 0.176. The van der Waals surface area contributed by atoms with Crippen LogP contribution >= 0.6 is 0 Å². The molecule has 0 saturated heterocycles. The second kappa shape index (κ2) is 16.1. The number of benzene rings is 2. The van der Waals surface area contributed by atoms with Gasteiger partial charge in [0, 0.05) is 11.1 Å². The van der Waals surface area contributed by atoms with Crippen molar-refractivity contribution in [1.29, 1.82) is 0 Å². The van der Waals surface area contributed by atoms with E-state index in [2.05, 4.69) is 37.8 Å². The van der Waals surface area contributed by atoms with Crippen LogP contribution in [0, 0.1) is 11.8 Å². The Morgan fingerprint density at radius 1 is 0.613 bits per heavy atom. The van der Waals surface area contributed by atoms with Crippen LogP contribution in [-0.4, -0.2) is 13.2 Å². The largest absolute Gasteiger partial charge is 0.494 e. The molecule has 2 aromatic rings. The van der Waals surface area contributed by atoms with Gasteiger partial charge in [-0.2, -0.15) is 0 Å². The average Bonchev–Trinajstić information content (AvgIpc) is 2.81. The summed E-state index contributed by atoms with van der Waals surface area (Å²) in [6.07, 6.45) is 15.5. The highest BCUT2D eigenvalue weighted by molar-refractivity contribution is 5.45. The lowest BCUT2D eigenvalue weighted by molar-refractivity contribution is 0.304. The molecule has 0 saturated carbocycles. The van der Waals surface area contributed by atoms with Crippen molar-refractivity contribution >= 4 is 0 Å². The maximum absolute atomic E-state index is 5.81. The lowest BCUT2D eigenvalue weighted by Crippen LogP contribution is -1.97. The predicted molar refractivity (Wildman–Crippen MR) is 132 cm³/mol. The van der Waals surface area contributed by atoms with E-state index in [4.69, 9.17) is 9.47 Å². The molecule has 0 spiro atoms. The van der Waals surface area contributed by atoms with E-state index in [0.717, 1.165) is 42.1 Å². The molecule has 2 nitrogen and oxygen atoms in total. The van der Waals surface area contributed by atoms with E-state index in [9.17, 15) is 0 Å². The molecule has 0 aliphatic heterocycles. The van der Waals surface area contributed by atoms with Gasteiger partial charge in [0.05, 0.1) is 6.61 Å². The monoisotopic (exact) mass is 418 g/mol. The lowest BCUT2D eigenvalue weighted by Gasteiger charge is -2.05. The number of unbranched alkanes of at least 4 members (excludes halogenated alkanes) is 7. The van der Waals surface area contributed by atoms with Crippen LogP contribution in [0.1, 0.15) is 82.8 Å². The summed E-state index contributed by atoms with van der Waals surface area (Å²) < 4.78 is 11.6. The molecule has 2 heteroatoms. The van der Waals surface area contributed by atoms with Gasteiger partial charge in [0.15, 0.2) is 0 Å². The van der Waals surface area contributed by atoms with Gasteiger partial charge in [-0.3, -0.25) is 0 Å². The molecule has 0 amide bonds. The first-order valence-electron chi connectivity index (χ1n) is 11.9. The summed E-state index contributed by atoms with van der Waals surface area (Å²) in [6, 6.07) is 16.0. The first-order chi connectivity index (χ1) is 15.3. The molecule has 0 aromatic heterocycles. The topological polar surface area (TPSA) is 18.5 Å². The van der Waals surface area contributed by atoms with Gasteiger partial charge < -0.3 is 9.47 Å². The minimum Gasteiger partial charge on any atom is -0.494 e. The SMILES string of the molecule is CCCCCC=CCOc1ccc(C#Cc2ccc(OCCCCCCC)cc2)cc1. The van der Waals surface area contributed by atoms with Gasteiger partial charge >= 0.3 is 0 Å². The van der Waals surface area contributed by atoms with E-state index >= 15 is 0 Å². The molecule has 0 bridgehead atoms. The molecule has 31 heavy (non-hydrogen) atoms. The van der Waals surface area contributed by atoms with Crippen molar-refractivity contribution < 1.29 is 9.47 Å². The lowest BCUT2D eigenvalue weighted by atomic mass is 10.1. The molecular weight excluding hydrogens is 380 g/mol. The van der Waals surface area contributed by atoms with Crippen molar-refractivity contribution in [2.45, 2.75) is 71.6 Å². The van der Waals surface area contributed by atoms with E-state index in [0.29, 0.717) is 6.61 Å². The van der Waals surface area contributed by atoms with E-state index in [1.54, 1.807) is 0 Å². The van der Waals surface area contributed by atoms with Crippen LogP contribution in [0.5, 0.6) is 11.5 Å². The minimum atomic E-state index is 0.615. The van der Waals surface area contributed by atoms with Gasteiger partial charge in [0.25, 0.3) is 0 Å². The highest BCUT2D eigenvalue weighted by atomic mass is 16.5. The Labute approximate surface area is 189 Å². The van der Waals surface area contributed by atoms with Gasteiger partial charge in [0.2, 0.25) is 0 Å². The highest BCUT2D eigenvalue weighted by Gasteiger charge is 1.96. The Bertz CT molecular complexity index is 791. The summed E-state index contributed by atoms with van der Waals surface area (Å²) in [5.41, 5.74) is 1.97. The van der Waals surface area contributed by atoms with Gasteiger partial charge in [-0.25, -0.2) is 0 Å². The molecule has 0 N–H and O–H groups in total. The van der Waals surface area contributed by atoms with Crippen molar-refractivity contribution in [2.75, 3.05) is 13.2 Å². The van der Waals surface area contributed by atoms with Crippen LogP contribution in [0.3, 0.4) is 0 Å². The molecule has 0 radical (unpaired) electrons.